The van der Waals surface area contributed by atoms with Gasteiger partial charge in [0, 0.05) is 17.9 Å². The van der Waals surface area contributed by atoms with Gasteiger partial charge in [0.25, 0.3) is 0 Å². The molecule has 2 atom stereocenters. The Kier molecular flexibility index (Phi) is 5.56. The molecule has 0 heterocycles. The number of alkyl carbamates (subject to hydrolysis) is 1. The maximum atomic E-state index is 12.6. The molecule has 0 saturated heterocycles. The van der Waals surface area contributed by atoms with E-state index in [1.165, 1.54) is 22.3 Å². The molecule has 172 valence electrons. The standard InChI is InChI=1S/C26H28N2O5/c29-23(30)14-26(11-12-26)28-24(31)16-9-10-17(13-16)27-25(32)33-15-22-20-7-3-1-5-18(20)19-6-2-4-8-21(19)22/h1-8,16-17,22H,9-15H2,(H,27,32)(H,28,31)(H,29,30). The molecule has 0 aromatic heterocycles. The van der Waals surface area contributed by atoms with Crippen LogP contribution in [-0.2, 0) is 14.3 Å². The molecule has 2 saturated carbocycles. The van der Waals surface area contributed by atoms with Crippen LogP contribution in [-0.4, -0.2) is 41.3 Å². The van der Waals surface area contributed by atoms with Gasteiger partial charge in [0.1, 0.15) is 6.61 Å². The first-order valence-corrected chi connectivity index (χ1v) is 11.6. The minimum atomic E-state index is -0.894. The molecule has 0 spiro atoms. The Bertz CT molecular complexity index is 1050. The lowest BCUT2D eigenvalue weighted by molar-refractivity contribution is -0.138. The van der Waals surface area contributed by atoms with Crippen molar-refractivity contribution in [2.45, 2.75) is 56.0 Å². The summed E-state index contributed by atoms with van der Waals surface area (Å²) in [5, 5.41) is 14.9. The summed E-state index contributed by atoms with van der Waals surface area (Å²) in [6.45, 7) is 0.258. The number of carboxylic acids is 1. The van der Waals surface area contributed by atoms with Gasteiger partial charge in [0.15, 0.2) is 0 Å². The number of fused-ring (bicyclic) bond motifs is 3. The van der Waals surface area contributed by atoms with E-state index in [0.717, 1.165) is 0 Å². The van der Waals surface area contributed by atoms with Crippen LogP contribution < -0.4 is 10.6 Å². The third-order valence-electron chi connectivity index (χ3n) is 7.20. The molecule has 0 radical (unpaired) electrons. The predicted molar refractivity (Wildman–Crippen MR) is 122 cm³/mol. The zero-order valence-corrected chi connectivity index (χ0v) is 18.4. The maximum Gasteiger partial charge on any atom is 0.407 e. The first-order valence-electron chi connectivity index (χ1n) is 11.6. The molecule has 5 rings (SSSR count). The maximum absolute atomic E-state index is 12.6. The Hall–Kier alpha value is -3.35. The number of ether oxygens (including phenoxy) is 1. The summed E-state index contributed by atoms with van der Waals surface area (Å²) in [6, 6.07) is 16.3. The van der Waals surface area contributed by atoms with Crippen LogP contribution in [0.15, 0.2) is 48.5 Å². The number of rotatable bonds is 7. The number of hydrogen-bond donors (Lipinski definition) is 3. The minimum absolute atomic E-state index is 0.00854. The van der Waals surface area contributed by atoms with Crippen LogP contribution in [0.5, 0.6) is 0 Å². The topological polar surface area (TPSA) is 105 Å². The van der Waals surface area contributed by atoms with E-state index in [2.05, 4.69) is 34.9 Å². The lowest BCUT2D eigenvalue weighted by Gasteiger charge is -2.19. The van der Waals surface area contributed by atoms with Crippen LogP contribution in [0.1, 0.15) is 55.6 Å². The Morgan fingerprint density at radius 1 is 0.970 bits per heavy atom. The fourth-order valence-electron chi connectivity index (χ4n) is 5.31. The minimum Gasteiger partial charge on any atom is -0.481 e. The zero-order valence-electron chi connectivity index (χ0n) is 18.4. The van der Waals surface area contributed by atoms with Crippen molar-refractivity contribution < 1.29 is 24.2 Å². The van der Waals surface area contributed by atoms with E-state index in [0.29, 0.717) is 32.1 Å². The average molecular weight is 449 g/mol. The van der Waals surface area contributed by atoms with Crippen molar-refractivity contribution in [3.8, 4) is 11.1 Å². The summed E-state index contributed by atoms with van der Waals surface area (Å²) in [4.78, 5) is 36.1. The quantitative estimate of drug-likeness (QED) is 0.597. The third-order valence-corrected chi connectivity index (χ3v) is 7.20. The van der Waals surface area contributed by atoms with Gasteiger partial charge in [-0.05, 0) is 54.4 Å². The van der Waals surface area contributed by atoms with Gasteiger partial charge in [0.2, 0.25) is 5.91 Å². The first kappa shape index (κ1) is 21.5. The van der Waals surface area contributed by atoms with Crippen LogP contribution in [0.4, 0.5) is 4.79 Å². The number of aliphatic carboxylic acids is 1. The molecule has 3 aliphatic rings. The number of amides is 2. The van der Waals surface area contributed by atoms with E-state index in [1.807, 2.05) is 24.3 Å². The van der Waals surface area contributed by atoms with Gasteiger partial charge in [-0.3, -0.25) is 9.59 Å². The normalized spacial score (nSPS) is 22.2. The van der Waals surface area contributed by atoms with Gasteiger partial charge in [-0.25, -0.2) is 4.79 Å². The smallest absolute Gasteiger partial charge is 0.407 e. The molecule has 3 N–H and O–H groups in total. The third kappa shape index (κ3) is 4.45. The van der Waals surface area contributed by atoms with Crippen molar-refractivity contribution in [2.24, 2.45) is 5.92 Å². The van der Waals surface area contributed by atoms with Crippen molar-refractivity contribution in [3.05, 3.63) is 59.7 Å². The molecule has 33 heavy (non-hydrogen) atoms. The van der Waals surface area contributed by atoms with Gasteiger partial charge in [-0.2, -0.15) is 0 Å². The second kappa shape index (κ2) is 8.54. The van der Waals surface area contributed by atoms with Crippen LogP contribution in [0.3, 0.4) is 0 Å². The number of carbonyl (C=O) groups is 3. The van der Waals surface area contributed by atoms with Crippen molar-refractivity contribution in [3.63, 3.8) is 0 Å². The fourth-order valence-corrected chi connectivity index (χ4v) is 5.31. The van der Waals surface area contributed by atoms with Crippen molar-refractivity contribution in [2.75, 3.05) is 6.61 Å². The van der Waals surface area contributed by atoms with Gasteiger partial charge in [0.05, 0.1) is 12.0 Å². The fraction of sp³-hybridized carbons (Fsp3) is 0.423. The second-order valence-corrected chi connectivity index (χ2v) is 9.52. The molecular formula is C26H28N2O5. The van der Waals surface area contributed by atoms with Crippen LogP contribution in [0.25, 0.3) is 11.1 Å². The lowest BCUT2D eigenvalue weighted by atomic mass is 9.98. The highest BCUT2D eigenvalue weighted by atomic mass is 16.5. The lowest BCUT2D eigenvalue weighted by Crippen LogP contribution is -2.42. The highest BCUT2D eigenvalue weighted by molar-refractivity contribution is 5.82. The van der Waals surface area contributed by atoms with Crippen molar-refractivity contribution in [1.82, 2.24) is 10.6 Å². The molecule has 2 aromatic rings. The van der Waals surface area contributed by atoms with Gasteiger partial charge in [-0.1, -0.05) is 48.5 Å². The van der Waals surface area contributed by atoms with Gasteiger partial charge >= 0.3 is 12.1 Å². The highest BCUT2D eigenvalue weighted by Crippen LogP contribution is 2.44. The van der Waals surface area contributed by atoms with Gasteiger partial charge in [-0.15, -0.1) is 0 Å². The largest absolute Gasteiger partial charge is 0.481 e. The number of benzene rings is 2. The summed E-state index contributed by atoms with van der Waals surface area (Å²) < 4.78 is 5.62. The van der Waals surface area contributed by atoms with Crippen LogP contribution in [0, 0.1) is 5.92 Å². The van der Waals surface area contributed by atoms with Crippen LogP contribution >= 0.6 is 0 Å². The summed E-state index contributed by atoms with van der Waals surface area (Å²) in [5.41, 5.74) is 4.13. The predicted octanol–water partition coefficient (Wildman–Crippen LogP) is 3.82. The SMILES string of the molecule is O=C(O)CC1(NC(=O)C2CCC(NC(=O)OCC3c4ccccc4-c4ccccc43)C2)CC1. The Balaban J connectivity index is 1.13. The summed E-state index contributed by atoms with van der Waals surface area (Å²) >= 11 is 0. The number of carboxylic acid groups (broad SMARTS) is 1. The molecule has 2 unspecified atom stereocenters. The Morgan fingerprint density at radius 2 is 1.61 bits per heavy atom. The van der Waals surface area contributed by atoms with E-state index < -0.39 is 17.6 Å². The Morgan fingerprint density at radius 3 is 2.21 bits per heavy atom. The summed E-state index contributed by atoms with van der Waals surface area (Å²) in [6.07, 6.45) is 2.83. The molecule has 2 aromatic carbocycles. The first-order chi connectivity index (χ1) is 15.9. The molecule has 0 aliphatic heterocycles. The molecule has 2 fully saturated rings. The monoisotopic (exact) mass is 448 g/mol. The van der Waals surface area contributed by atoms with E-state index in [-0.39, 0.29) is 36.8 Å². The zero-order chi connectivity index (χ0) is 23.0. The molecular weight excluding hydrogens is 420 g/mol. The van der Waals surface area contributed by atoms with E-state index in [4.69, 9.17) is 9.84 Å². The number of carbonyl (C=O) groups excluding carboxylic acids is 2. The summed E-state index contributed by atoms with van der Waals surface area (Å²) in [5.74, 6) is -1.20. The molecule has 7 nitrogen and oxygen atoms in total. The molecule has 0 bridgehead atoms. The highest BCUT2D eigenvalue weighted by Gasteiger charge is 2.47. The van der Waals surface area contributed by atoms with Crippen molar-refractivity contribution in [1.29, 1.82) is 0 Å². The molecule has 3 aliphatic carbocycles. The van der Waals surface area contributed by atoms with Crippen molar-refractivity contribution >= 4 is 18.0 Å². The molecule has 2 amide bonds. The van der Waals surface area contributed by atoms with Crippen LogP contribution in [0.2, 0.25) is 0 Å². The number of nitrogens with one attached hydrogen (secondary N) is 2. The van der Waals surface area contributed by atoms with Gasteiger partial charge < -0.3 is 20.5 Å². The van der Waals surface area contributed by atoms with E-state index in [1.54, 1.807) is 0 Å². The van der Waals surface area contributed by atoms with E-state index >= 15 is 0 Å². The average Bonchev–Trinajstić information content (AvgIpc) is 3.24. The molecule has 7 heteroatoms. The second-order valence-electron chi connectivity index (χ2n) is 9.52. The van der Waals surface area contributed by atoms with E-state index in [9.17, 15) is 14.4 Å². The summed E-state index contributed by atoms with van der Waals surface area (Å²) in [7, 11) is 0. The Labute approximate surface area is 192 Å². The number of hydrogen-bond acceptors (Lipinski definition) is 4.